The number of aromatic nitrogens is 1. The Labute approximate surface area is 116 Å². The van der Waals surface area contributed by atoms with Gasteiger partial charge in [-0.15, -0.1) is 0 Å². The van der Waals surface area contributed by atoms with Crippen molar-refractivity contribution in [2.75, 3.05) is 12.1 Å². The van der Waals surface area contributed by atoms with Crippen molar-refractivity contribution in [2.24, 2.45) is 0 Å². The number of amides is 2. The highest BCUT2D eigenvalue weighted by molar-refractivity contribution is 6.33. The summed E-state index contributed by atoms with van der Waals surface area (Å²) in [5.41, 5.74) is -1.02. The second-order valence-corrected chi connectivity index (χ2v) is 4.28. The molecular formula is C11H7ClF3N3O2. The SMILES string of the molecule is CN(c1ncc(C(F)(F)F)cc1Cl)N1C(=O)C=CC1=O. The van der Waals surface area contributed by atoms with E-state index < -0.39 is 23.6 Å². The van der Waals surface area contributed by atoms with Gasteiger partial charge in [-0.05, 0) is 6.07 Å². The Bertz CT molecular complexity index is 597. The largest absolute Gasteiger partial charge is 0.417 e. The van der Waals surface area contributed by atoms with Gasteiger partial charge in [-0.25, -0.2) is 4.98 Å². The summed E-state index contributed by atoms with van der Waals surface area (Å²) in [5.74, 6) is -1.39. The van der Waals surface area contributed by atoms with E-state index in [-0.39, 0.29) is 10.8 Å². The predicted molar refractivity (Wildman–Crippen MR) is 63.6 cm³/mol. The van der Waals surface area contributed by atoms with Crippen molar-refractivity contribution < 1.29 is 22.8 Å². The van der Waals surface area contributed by atoms with Crippen molar-refractivity contribution in [1.82, 2.24) is 9.99 Å². The maximum atomic E-state index is 12.5. The molecule has 20 heavy (non-hydrogen) atoms. The Hall–Kier alpha value is -2.09. The van der Waals surface area contributed by atoms with Gasteiger partial charge in [0.05, 0.1) is 10.6 Å². The Morgan fingerprint density at radius 1 is 1.25 bits per heavy atom. The summed E-state index contributed by atoms with van der Waals surface area (Å²) >= 11 is 5.73. The van der Waals surface area contributed by atoms with Crippen molar-refractivity contribution >= 4 is 29.2 Å². The summed E-state index contributed by atoms with van der Waals surface area (Å²) in [6.07, 6.45) is -1.92. The number of hydrogen-bond donors (Lipinski definition) is 0. The number of rotatable bonds is 2. The Morgan fingerprint density at radius 2 is 1.80 bits per heavy atom. The Morgan fingerprint density at radius 3 is 2.25 bits per heavy atom. The van der Waals surface area contributed by atoms with Gasteiger partial charge in [-0.3, -0.25) is 14.6 Å². The van der Waals surface area contributed by atoms with E-state index in [2.05, 4.69) is 4.98 Å². The summed E-state index contributed by atoms with van der Waals surface area (Å²) < 4.78 is 37.5. The average molecular weight is 306 g/mol. The fourth-order valence-corrected chi connectivity index (χ4v) is 1.90. The number of carbonyl (C=O) groups excluding carboxylic acids is 2. The van der Waals surface area contributed by atoms with Crippen LogP contribution in [-0.2, 0) is 15.8 Å². The lowest BCUT2D eigenvalue weighted by Gasteiger charge is -2.27. The highest BCUT2D eigenvalue weighted by Crippen LogP contribution is 2.33. The molecule has 0 unspecified atom stereocenters. The Balaban J connectivity index is 2.34. The van der Waals surface area contributed by atoms with Crippen LogP contribution in [-0.4, -0.2) is 28.9 Å². The van der Waals surface area contributed by atoms with Gasteiger partial charge in [-0.1, -0.05) is 11.6 Å². The number of hydrogen-bond acceptors (Lipinski definition) is 4. The number of alkyl halides is 3. The van der Waals surface area contributed by atoms with Crippen molar-refractivity contribution in [1.29, 1.82) is 0 Å². The van der Waals surface area contributed by atoms with E-state index in [9.17, 15) is 22.8 Å². The molecule has 0 spiro atoms. The summed E-state index contributed by atoms with van der Waals surface area (Å²) in [7, 11) is 1.30. The molecule has 0 aromatic carbocycles. The molecule has 0 saturated heterocycles. The van der Waals surface area contributed by atoms with Gasteiger partial charge in [0.2, 0.25) is 0 Å². The summed E-state index contributed by atoms with van der Waals surface area (Å²) in [4.78, 5) is 26.5. The van der Waals surface area contributed by atoms with Gasteiger partial charge < -0.3 is 0 Å². The topological polar surface area (TPSA) is 53.5 Å². The fraction of sp³-hybridized carbons (Fsp3) is 0.182. The molecule has 1 aliphatic rings. The third-order valence-electron chi connectivity index (χ3n) is 2.54. The minimum absolute atomic E-state index is 0.134. The van der Waals surface area contributed by atoms with E-state index in [1.54, 1.807) is 0 Å². The minimum Gasteiger partial charge on any atom is -0.267 e. The number of nitrogens with zero attached hydrogens (tertiary/aromatic N) is 3. The van der Waals surface area contributed by atoms with Crippen LogP contribution in [0.15, 0.2) is 24.4 Å². The maximum Gasteiger partial charge on any atom is 0.417 e. The molecule has 1 aliphatic heterocycles. The van der Waals surface area contributed by atoms with Gasteiger partial charge in [0, 0.05) is 25.4 Å². The molecule has 106 valence electrons. The van der Waals surface area contributed by atoms with Crippen LogP contribution >= 0.6 is 11.6 Å². The number of pyridine rings is 1. The molecule has 0 aliphatic carbocycles. The van der Waals surface area contributed by atoms with E-state index in [4.69, 9.17) is 11.6 Å². The molecule has 2 rings (SSSR count). The number of hydrazine groups is 1. The first kappa shape index (κ1) is 14.3. The zero-order valence-electron chi connectivity index (χ0n) is 9.98. The van der Waals surface area contributed by atoms with Gasteiger partial charge in [0.15, 0.2) is 5.82 Å². The summed E-state index contributed by atoms with van der Waals surface area (Å²) in [5, 5.41) is 1.38. The molecule has 0 radical (unpaired) electrons. The first-order valence-corrected chi connectivity index (χ1v) is 5.62. The van der Waals surface area contributed by atoms with Gasteiger partial charge in [0.25, 0.3) is 11.8 Å². The molecular weight excluding hydrogens is 299 g/mol. The van der Waals surface area contributed by atoms with Crippen molar-refractivity contribution in [3.05, 3.63) is 35.0 Å². The summed E-state index contributed by atoms with van der Waals surface area (Å²) in [6, 6.07) is 0.679. The molecule has 0 N–H and O–H groups in total. The van der Waals surface area contributed by atoms with E-state index >= 15 is 0 Å². The second-order valence-electron chi connectivity index (χ2n) is 3.87. The van der Waals surface area contributed by atoms with Crippen molar-refractivity contribution in [3.63, 3.8) is 0 Å². The Kier molecular flexibility index (Phi) is 3.43. The number of carbonyl (C=O) groups is 2. The third-order valence-corrected chi connectivity index (χ3v) is 2.82. The quantitative estimate of drug-likeness (QED) is 0.785. The molecule has 2 heterocycles. The van der Waals surface area contributed by atoms with Gasteiger partial charge >= 0.3 is 6.18 Å². The average Bonchev–Trinajstić information content (AvgIpc) is 2.67. The maximum absolute atomic E-state index is 12.5. The molecule has 5 nitrogen and oxygen atoms in total. The normalized spacial score (nSPS) is 15.2. The number of halogens is 4. The van der Waals surface area contributed by atoms with E-state index in [1.165, 1.54) is 7.05 Å². The zero-order valence-corrected chi connectivity index (χ0v) is 10.7. The lowest BCUT2D eigenvalue weighted by Crippen LogP contribution is -2.44. The molecule has 1 aromatic heterocycles. The molecule has 9 heteroatoms. The smallest absolute Gasteiger partial charge is 0.267 e. The lowest BCUT2D eigenvalue weighted by atomic mass is 10.3. The molecule has 0 saturated carbocycles. The zero-order chi connectivity index (χ0) is 15.1. The van der Waals surface area contributed by atoms with Crippen LogP contribution in [0, 0.1) is 0 Å². The fourth-order valence-electron chi connectivity index (χ4n) is 1.61. The lowest BCUT2D eigenvalue weighted by molar-refractivity contribution is -0.139. The van der Waals surface area contributed by atoms with E-state index in [1.807, 2.05) is 0 Å². The van der Waals surface area contributed by atoms with Crippen LogP contribution < -0.4 is 5.01 Å². The molecule has 0 atom stereocenters. The monoisotopic (exact) mass is 305 g/mol. The van der Waals surface area contributed by atoms with Crippen LogP contribution in [0.2, 0.25) is 5.02 Å². The van der Waals surface area contributed by atoms with Crippen LogP contribution in [0.4, 0.5) is 19.0 Å². The number of imide groups is 1. The van der Waals surface area contributed by atoms with Crippen LogP contribution in [0.3, 0.4) is 0 Å². The first-order valence-electron chi connectivity index (χ1n) is 5.24. The highest BCUT2D eigenvalue weighted by atomic mass is 35.5. The van der Waals surface area contributed by atoms with Crippen LogP contribution in [0.25, 0.3) is 0 Å². The second kappa shape index (κ2) is 4.78. The molecule has 0 bridgehead atoms. The molecule has 1 aromatic rings. The van der Waals surface area contributed by atoms with Crippen molar-refractivity contribution in [3.8, 4) is 0 Å². The van der Waals surface area contributed by atoms with E-state index in [0.717, 1.165) is 17.2 Å². The van der Waals surface area contributed by atoms with Gasteiger partial charge in [-0.2, -0.15) is 18.2 Å². The van der Waals surface area contributed by atoms with Crippen molar-refractivity contribution in [2.45, 2.75) is 6.18 Å². The summed E-state index contributed by atoms with van der Waals surface area (Å²) in [6.45, 7) is 0. The molecule has 2 amide bonds. The van der Waals surface area contributed by atoms with Gasteiger partial charge in [0.1, 0.15) is 0 Å². The molecule has 0 fully saturated rings. The minimum atomic E-state index is -4.57. The van der Waals surface area contributed by atoms with Crippen LogP contribution in [0.5, 0.6) is 0 Å². The number of anilines is 1. The van der Waals surface area contributed by atoms with E-state index in [0.29, 0.717) is 17.3 Å². The third kappa shape index (κ3) is 2.46. The van der Waals surface area contributed by atoms with Crippen LogP contribution in [0.1, 0.15) is 5.56 Å². The highest BCUT2D eigenvalue weighted by Gasteiger charge is 2.33. The standard InChI is InChI=1S/C11H7ClF3N3O2/c1-17(18-8(19)2-3-9(18)20)10-7(12)4-6(5-16-10)11(13,14)15/h2-5H,1H3. The first-order chi connectivity index (χ1) is 9.21. The predicted octanol–water partition coefficient (Wildman–Crippen LogP) is 2.03.